The summed E-state index contributed by atoms with van der Waals surface area (Å²) in [7, 11) is 0. The minimum Gasteiger partial charge on any atom is -0.490 e. The van der Waals surface area contributed by atoms with Gasteiger partial charge < -0.3 is 24.8 Å². The van der Waals surface area contributed by atoms with Gasteiger partial charge in [-0.05, 0) is 63.6 Å². The van der Waals surface area contributed by atoms with Crippen LogP contribution in [0.1, 0.15) is 50.9 Å². The molecule has 2 N–H and O–H groups in total. The van der Waals surface area contributed by atoms with Gasteiger partial charge in [-0.2, -0.15) is 0 Å². The lowest BCUT2D eigenvalue weighted by atomic mass is 10.1. The van der Waals surface area contributed by atoms with Crippen LogP contribution in [0.2, 0.25) is 0 Å². The number of carbonyl (C=O) groups excluding carboxylic acids is 2. The van der Waals surface area contributed by atoms with Crippen molar-refractivity contribution in [1.29, 1.82) is 0 Å². The molecule has 7 heteroatoms. The molecule has 2 rings (SSSR count). The maximum absolute atomic E-state index is 12.8. The first-order chi connectivity index (χ1) is 14.5. The Balaban J connectivity index is 2.20. The third kappa shape index (κ3) is 6.40. The largest absolute Gasteiger partial charge is 0.490 e. The number of hydrogen-bond donors (Lipinski definition) is 2. The molecule has 0 heterocycles. The fourth-order valence-electron chi connectivity index (χ4n) is 2.81. The number of rotatable bonds is 11. The smallest absolute Gasteiger partial charge is 0.255 e. The summed E-state index contributed by atoms with van der Waals surface area (Å²) in [6.07, 6.45) is 1.26. The molecule has 0 aliphatic rings. The number of anilines is 2. The standard InChI is InChI=1S/C23H30N2O5/c1-5-9-21(26)24-17-10-12-18(13-11-17)25-23(27)16-14-19(28-6-2)22(30-8-4)20(15-16)29-7-3/h10-15H,5-9H2,1-4H3,(H,24,26)(H,25,27). The zero-order chi connectivity index (χ0) is 21.9. The van der Waals surface area contributed by atoms with Crippen LogP contribution in [0.25, 0.3) is 0 Å². The number of carbonyl (C=O) groups is 2. The second kappa shape index (κ2) is 11.7. The van der Waals surface area contributed by atoms with Crippen molar-refractivity contribution < 1.29 is 23.8 Å². The lowest BCUT2D eigenvalue weighted by Crippen LogP contribution is -2.14. The van der Waals surface area contributed by atoms with Crippen molar-refractivity contribution in [3.05, 3.63) is 42.0 Å². The highest BCUT2D eigenvalue weighted by Gasteiger charge is 2.18. The molecule has 2 aromatic carbocycles. The summed E-state index contributed by atoms with van der Waals surface area (Å²) in [4.78, 5) is 24.5. The highest BCUT2D eigenvalue weighted by atomic mass is 16.5. The highest BCUT2D eigenvalue weighted by Crippen LogP contribution is 2.39. The van der Waals surface area contributed by atoms with Crippen LogP contribution in [0.15, 0.2) is 36.4 Å². The van der Waals surface area contributed by atoms with E-state index in [1.165, 1.54) is 0 Å². The zero-order valence-corrected chi connectivity index (χ0v) is 18.0. The molecule has 0 saturated heterocycles. The summed E-state index contributed by atoms with van der Waals surface area (Å²) < 4.78 is 17.0. The van der Waals surface area contributed by atoms with Crippen LogP contribution in [-0.2, 0) is 4.79 Å². The van der Waals surface area contributed by atoms with Gasteiger partial charge in [0, 0.05) is 23.4 Å². The predicted octanol–water partition coefficient (Wildman–Crippen LogP) is 4.87. The Morgan fingerprint density at radius 1 is 0.767 bits per heavy atom. The molecule has 2 amide bonds. The minimum atomic E-state index is -0.303. The number of hydrogen-bond acceptors (Lipinski definition) is 5. The Labute approximate surface area is 177 Å². The van der Waals surface area contributed by atoms with Crippen molar-refractivity contribution in [2.75, 3.05) is 30.5 Å². The van der Waals surface area contributed by atoms with Crippen molar-refractivity contribution >= 4 is 23.2 Å². The summed E-state index contributed by atoms with van der Waals surface area (Å²) in [5.74, 6) is 1.08. The van der Waals surface area contributed by atoms with Crippen LogP contribution in [0.4, 0.5) is 11.4 Å². The second-order valence-corrected chi connectivity index (χ2v) is 6.43. The molecule has 0 unspecified atom stereocenters. The summed E-state index contributed by atoms with van der Waals surface area (Å²) >= 11 is 0. The van der Waals surface area contributed by atoms with E-state index in [1.807, 2.05) is 27.7 Å². The molecule has 0 fully saturated rings. The molecular formula is C23H30N2O5. The van der Waals surface area contributed by atoms with Crippen LogP contribution in [0.5, 0.6) is 17.2 Å². The van der Waals surface area contributed by atoms with Gasteiger partial charge in [-0.15, -0.1) is 0 Å². The van der Waals surface area contributed by atoms with Crippen LogP contribution in [0.3, 0.4) is 0 Å². The molecule has 7 nitrogen and oxygen atoms in total. The molecule has 0 spiro atoms. The van der Waals surface area contributed by atoms with Gasteiger partial charge in [0.2, 0.25) is 11.7 Å². The van der Waals surface area contributed by atoms with E-state index in [0.29, 0.717) is 60.4 Å². The topological polar surface area (TPSA) is 85.9 Å². The number of nitrogens with one attached hydrogen (secondary N) is 2. The molecule has 0 aliphatic carbocycles. The molecule has 0 aromatic heterocycles. The molecule has 0 aliphatic heterocycles. The van der Waals surface area contributed by atoms with Crippen molar-refractivity contribution in [2.45, 2.75) is 40.5 Å². The van der Waals surface area contributed by atoms with Gasteiger partial charge in [0.25, 0.3) is 5.91 Å². The zero-order valence-electron chi connectivity index (χ0n) is 18.0. The molecule has 0 bridgehead atoms. The van der Waals surface area contributed by atoms with Gasteiger partial charge in [0.1, 0.15) is 0 Å². The maximum Gasteiger partial charge on any atom is 0.255 e. The lowest BCUT2D eigenvalue weighted by molar-refractivity contribution is -0.116. The van der Waals surface area contributed by atoms with Crippen molar-refractivity contribution in [2.24, 2.45) is 0 Å². The van der Waals surface area contributed by atoms with Gasteiger partial charge >= 0.3 is 0 Å². The number of benzene rings is 2. The highest BCUT2D eigenvalue weighted by molar-refractivity contribution is 6.05. The summed E-state index contributed by atoms with van der Waals surface area (Å²) in [6.45, 7) is 8.87. The summed E-state index contributed by atoms with van der Waals surface area (Å²) in [5, 5.41) is 5.67. The molecule has 2 aromatic rings. The van der Waals surface area contributed by atoms with Crippen molar-refractivity contribution in [1.82, 2.24) is 0 Å². The molecule has 162 valence electrons. The van der Waals surface area contributed by atoms with E-state index in [4.69, 9.17) is 14.2 Å². The lowest BCUT2D eigenvalue weighted by Gasteiger charge is -2.17. The Hall–Kier alpha value is -3.22. The average molecular weight is 415 g/mol. The van der Waals surface area contributed by atoms with E-state index in [0.717, 1.165) is 6.42 Å². The SMILES string of the molecule is CCCC(=O)Nc1ccc(NC(=O)c2cc(OCC)c(OCC)c(OCC)c2)cc1. The third-order valence-corrected chi connectivity index (χ3v) is 4.07. The number of ether oxygens (including phenoxy) is 3. The first-order valence-electron chi connectivity index (χ1n) is 10.3. The molecular weight excluding hydrogens is 384 g/mol. The first kappa shape index (κ1) is 23.1. The van der Waals surface area contributed by atoms with E-state index in [-0.39, 0.29) is 11.8 Å². The van der Waals surface area contributed by atoms with Gasteiger partial charge in [-0.3, -0.25) is 9.59 Å². The third-order valence-electron chi connectivity index (χ3n) is 4.07. The summed E-state index contributed by atoms with van der Waals surface area (Å²) in [5.41, 5.74) is 1.69. The fraction of sp³-hybridized carbons (Fsp3) is 0.391. The Morgan fingerprint density at radius 3 is 1.73 bits per heavy atom. The monoisotopic (exact) mass is 414 g/mol. The quantitative estimate of drug-likeness (QED) is 0.548. The second-order valence-electron chi connectivity index (χ2n) is 6.43. The van der Waals surface area contributed by atoms with Crippen molar-refractivity contribution in [3.63, 3.8) is 0 Å². The molecule has 0 atom stereocenters. The van der Waals surface area contributed by atoms with Gasteiger partial charge in [0.15, 0.2) is 11.5 Å². The van der Waals surface area contributed by atoms with E-state index in [9.17, 15) is 9.59 Å². The Bertz CT molecular complexity index is 822. The number of amides is 2. The molecule has 0 radical (unpaired) electrons. The Morgan fingerprint density at radius 2 is 1.27 bits per heavy atom. The van der Waals surface area contributed by atoms with E-state index >= 15 is 0 Å². The molecule has 30 heavy (non-hydrogen) atoms. The van der Waals surface area contributed by atoms with Crippen LogP contribution >= 0.6 is 0 Å². The van der Waals surface area contributed by atoms with Gasteiger partial charge in [0.05, 0.1) is 19.8 Å². The van der Waals surface area contributed by atoms with E-state index in [1.54, 1.807) is 36.4 Å². The Kier molecular flexibility index (Phi) is 9.00. The summed E-state index contributed by atoms with van der Waals surface area (Å²) in [6, 6.07) is 10.3. The normalized spacial score (nSPS) is 10.3. The van der Waals surface area contributed by atoms with E-state index in [2.05, 4.69) is 10.6 Å². The van der Waals surface area contributed by atoms with E-state index < -0.39 is 0 Å². The van der Waals surface area contributed by atoms with Crippen molar-refractivity contribution in [3.8, 4) is 17.2 Å². The van der Waals surface area contributed by atoms with Crippen LogP contribution < -0.4 is 24.8 Å². The van der Waals surface area contributed by atoms with Crippen LogP contribution in [-0.4, -0.2) is 31.6 Å². The van der Waals surface area contributed by atoms with Gasteiger partial charge in [-0.1, -0.05) is 6.92 Å². The molecule has 0 saturated carbocycles. The maximum atomic E-state index is 12.8. The minimum absolute atomic E-state index is 0.0319. The average Bonchev–Trinajstić information content (AvgIpc) is 2.72. The van der Waals surface area contributed by atoms with Gasteiger partial charge in [-0.25, -0.2) is 0 Å². The predicted molar refractivity (Wildman–Crippen MR) is 118 cm³/mol. The fourth-order valence-corrected chi connectivity index (χ4v) is 2.81. The van der Waals surface area contributed by atoms with Crippen LogP contribution in [0, 0.1) is 0 Å². The first-order valence-corrected chi connectivity index (χ1v) is 10.3.